The fourth-order valence-electron chi connectivity index (χ4n) is 2.57. The summed E-state index contributed by atoms with van der Waals surface area (Å²) in [5.74, 6) is 0.630. The predicted octanol–water partition coefficient (Wildman–Crippen LogP) is 2.93. The van der Waals surface area contributed by atoms with Crippen LogP contribution in [0.4, 0.5) is 13.2 Å². The van der Waals surface area contributed by atoms with Gasteiger partial charge in [-0.1, -0.05) is 12.1 Å². The lowest BCUT2D eigenvalue weighted by Crippen LogP contribution is -2.30. The highest BCUT2D eigenvalue weighted by atomic mass is 19.4. The van der Waals surface area contributed by atoms with Crippen LogP contribution in [0.25, 0.3) is 0 Å². The van der Waals surface area contributed by atoms with Crippen molar-refractivity contribution in [1.29, 1.82) is 0 Å². The molecule has 1 N–H and O–H groups in total. The highest BCUT2D eigenvalue weighted by Gasteiger charge is 2.33. The number of hydrogen-bond donors (Lipinski definition) is 1. The van der Waals surface area contributed by atoms with Gasteiger partial charge in [-0.2, -0.15) is 13.2 Å². The monoisotopic (exact) mass is 284 g/mol. The molecular weight excluding hydrogens is 269 g/mol. The van der Waals surface area contributed by atoms with E-state index in [1.165, 1.54) is 6.07 Å². The molecule has 0 saturated carbocycles. The first kappa shape index (κ1) is 13.4. The Morgan fingerprint density at radius 3 is 2.85 bits per heavy atom. The van der Waals surface area contributed by atoms with Crippen LogP contribution in [0.3, 0.4) is 0 Å². The van der Waals surface area contributed by atoms with E-state index < -0.39 is 11.7 Å². The van der Waals surface area contributed by atoms with Crippen LogP contribution in [-0.4, -0.2) is 25.1 Å². The van der Waals surface area contributed by atoms with Crippen LogP contribution in [0.1, 0.15) is 30.0 Å². The Kier molecular flexibility index (Phi) is 3.41. The van der Waals surface area contributed by atoms with Gasteiger partial charge in [0.15, 0.2) is 0 Å². The van der Waals surface area contributed by atoms with Crippen molar-refractivity contribution in [2.45, 2.75) is 31.1 Å². The van der Waals surface area contributed by atoms with Gasteiger partial charge in [0.25, 0.3) is 0 Å². The van der Waals surface area contributed by atoms with Gasteiger partial charge in [0.2, 0.25) is 5.90 Å². The lowest BCUT2D eigenvalue weighted by molar-refractivity contribution is -0.137. The van der Waals surface area contributed by atoms with Crippen molar-refractivity contribution in [3.05, 3.63) is 35.4 Å². The average Bonchev–Trinajstić information content (AvgIpc) is 3.09. The van der Waals surface area contributed by atoms with Crippen molar-refractivity contribution in [3.63, 3.8) is 0 Å². The van der Waals surface area contributed by atoms with Crippen molar-refractivity contribution in [2.75, 3.05) is 13.2 Å². The zero-order chi connectivity index (χ0) is 14.2. The van der Waals surface area contributed by atoms with Gasteiger partial charge in [-0.25, -0.2) is 4.99 Å². The van der Waals surface area contributed by atoms with E-state index in [1.807, 2.05) is 0 Å². The van der Waals surface area contributed by atoms with Crippen molar-refractivity contribution in [3.8, 4) is 0 Å². The predicted molar refractivity (Wildman–Crippen MR) is 68.6 cm³/mol. The molecule has 0 amide bonds. The molecule has 2 heterocycles. The lowest BCUT2D eigenvalue weighted by atomic mass is 10.0. The molecule has 0 aromatic heterocycles. The Balaban J connectivity index is 1.80. The largest absolute Gasteiger partial charge is 0.477 e. The molecule has 2 aliphatic heterocycles. The second-order valence-electron chi connectivity index (χ2n) is 5.07. The molecule has 20 heavy (non-hydrogen) atoms. The average molecular weight is 284 g/mol. The second-order valence-corrected chi connectivity index (χ2v) is 5.07. The van der Waals surface area contributed by atoms with E-state index in [2.05, 4.69) is 10.3 Å². The molecular formula is C14H15F3N2O. The van der Waals surface area contributed by atoms with Crippen LogP contribution in [-0.2, 0) is 10.9 Å². The van der Waals surface area contributed by atoms with Gasteiger partial charge in [0, 0.05) is 0 Å². The van der Waals surface area contributed by atoms with Crippen molar-refractivity contribution >= 4 is 5.90 Å². The number of nitrogens with zero attached hydrogens (tertiary/aromatic N) is 1. The van der Waals surface area contributed by atoms with Crippen LogP contribution >= 0.6 is 0 Å². The Morgan fingerprint density at radius 1 is 1.30 bits per heavy atom. The van der Waals surface area contributed by atoms with Gasteiger partial charge < -0.3 is 10.1 Å². The summed E-state index contributed by atoms with van der Waals surface area (Å²) in [5.41, 5.74) is -0.0922. The minimum atomic E-state index is -4.32. The summed E-state index contributed by atoms with van der Waals surface area (Å²) in [6.07, 6.45) is -2.29. The van der Waals surface area contributed by atoms with Gasteiger partial charge in [-0.15, -0.1) is 0 Å². The maximum atomic E-state index is 12.7. The maximum Gasteiger partial charge on any atom is 0.416 e. The minimum Gasteiger partial charge on any atom is -0.477 e. The first-order valence-electron chi connectivity index (χ1n) is 6.65. The Bertz CT molecular complexity index is 521. The third kappa shape index (κ3) is 2.65. The first-order valence-corrected chi connectivity index (χ1v) is 6.65. The molecule has 1 fully saturated rings. The third-order valence-corrected chi connectivity index (χ3v) is 3.63. The third-order valence-electron chi connectivity index (χ3n) is 3.63. The molecule has 2 aliphatic rings. The van der Waals surface area contributed by atoms with Crippen LogP contribution in [0.2, 0.25) is 0 Å². The van der Waals surface area contributed by atoms with Gasteiger partial charge in [-0.05, 0) is 37.1 Å². The van der Waals surface area contributed by atoms with Crippen molar-refractivity contribution in [2.24, 2.45) is 4.99 Å². The molecule has 2 atom stereocenters. The number of benzene rings is 1. The lowest BCUT2D eigenvalue weighted by Gasteiger charge is -2.10. The van der Waals surface area contributed by atoms with Gasteiger partial charge in [0.05, 0.1) is 11.6 Å². The number of alkyl halides is 3. The molecule has 2 unspecified atom stereocenters. The van der Waals surface area contributed by atoms with E-state index in [1.54, 1.807) is 6.07 Å². The summed E-state index contributed by atoms with van der Waals surface area (Å²) in [4.78, 5) is 4.43. The smallest absolute Gasteiger partial charge is 0.416 e. The number of halogens is 3. The molecule has 3 rings (SSSR count). The SMILES string of the molecule is FC(F)(F)c1cccc(C2COC(C3CCCN3)=N2)c1. The highest BCUT2D eigenvalue weighted by Crippen LogP contribution is 2.32. The number of nitrogens with one attached hydrogen (secondary N) is 1. The standard InChI is InChI=1S/C14H15F3N2O/c15-14(16,17)10-4-1-3-9(7-10)12-8-20-13(19-12)11-5-2-6-18-11/h1,3-4,7,11-12,18H,2,5-6,8H2. The summed E-state index contributed by atoms with van der Waals surface area (Å²) >= 11 is 0. The number of aliphatic imine (C=N–C) groups is 1. The molecule has 1 aromatic rings. The highest BCUT2D eigenvalue weighted by molar-refractivity contribution is 5.83. The fourth-order valence-corrected chi connectivity index (χ4v) is 2.57. The van der Waals surface area contributed by atoms with E-state index in [0.717, 1.165) is 31.5 Å². The van der Waals surface area contributed by atoms with Gasteiger partial charge >= 0.3 is 6.18 Å². The van der Waals surface area contributed by atoms with Crippen LogP contribution < -0.4 is 5.32 Å². The number of ether oxygens (including phenoxy) is 1. The molecule has 0 aliphatic carbocycles. The first-order chi connectivity index (χ1) is 9.54. The Morgan fingerprint density at radius 2 is 2.15 bits per heavy atom. The van der Waals surface area contributed by atoms with Crippen LogP contribution in [0, 0.1) is 0 Å². The molecule has 3 nitrogen and oxygen atoms in total. The topological polar surface area (TPSA) is 33.6 Å². The zero-order valence-electron chi connectivity index (χ0n) is 10.8. The molecule has 1 aromatic carbocycles. The van der Waals surface area contributed by atoms with E-state index in [4.69, 9.17) is 4.74 Å². The molecule has 0 bridgehead atoms. The molecule has 0 spiro atoms. The maximum absolute atomic E-state index is 12.7. The van der Waals surface area contributed by atoms with E-state index in [9.17, 15) is 13.2 Å². The number of hydrogen-bond acceptors (Lipinski definition) is 3. The molecule has 0 radical (unpaired) electrons. The van der Waals surface area contributed by atoms with E-state index in [0.29, 0.717) is 18.1 Å². The summed E-state index contributed by atoms with van der Waals surface area (Å²) in [6, 6.07) is 5.09. The molecule has 108 valence electrons. The Labute approximate surface area is 114 Å². The van der Waals surface area contributed by atoms with Gasteiger partial charge in [0.1, 0.15) is 12.6 Å². The summed E-state index contributed by atoms with van der Waals surface area (Å²) in [6.45, 7) is 1.25. The van der Waals surface area contributed by atoms with Crippen molar-refractivity contribution < 1.29 is 17.9 Å². The van der Waals surface area contributed by atoms with E-state index in [-0.39, 0.29) is 12.1 Å². The molecule has 1 saturated heterocycles. The molecule has 6 heteroatoms. The van der Waals surface area contributed by atoms with Gasteiger partial charge in [-0.3, -0.25) is 0 Å². The quantitative estimate of drug-likeness (QED) is 0.906. The van der Waals surface area contributed by atoms with Crippen LogP contribution in [0.5, 0.6) is 0 Å². The van der Waals surface area contributed by atoms with Crippen LogP contribution in [0.15, 0.2) is 29.3 Å². The summed E-state index contributed by atoms with van der Waals surface area (Å²) in [5, 5.41) is 3.27. The van der Waals surface area contributed by atoms with Crippen molar-refractivity contribution in [1.82, 2.24) is 5.32 Å². The summed E-state index contributed by atoms with van der Waals surface area (Å²) < 4.78 is 43.6. The zero-order valence-corrected chi connectivity index (χ0v) is 10.8. The second kappa shape index (κ2) is 5.09. The fraction of sp³-hybridized carbons (Fsp3) is 0.500. The summed E-state index contributed by atoms with van der Waals surface area (Å²) in [7, 11) is 0. The minimum absolute atomic E-state index is 0.116. The van der Waals surface area contributed by atoms with E-state index >= 15 is 0 Å². The normalized spacial score (nSPS) is 26.4. The Hall–Kier alpha value is -1.56. The number of rotatable bonds is 2.